The van der Waals surface area contributed by atoms with Crippen molar-refractivity contribution < 1.29 is 20.2 Å². The van der Waals surface area contributed by atoms with Crippen LogP contribution < -0.4 is 5.43 Å². The second kappa shape index (κ2) is 4.33. The number of nitrogens with one attached hydrogen (secondary N) is 1. The van der Waals surface area contributed by atoms with E-state index in [1.54, 1.807) is 0 Å². The van der Waals surface area contributed by atoms with Crippen LogP contribution in [0.5, 0.6) is 17.2 Å². The van der Waals surface area contributed by atoms with E-state index < -0.39 is 34.0 Å². The highest BCUT2D eigenvalue weighted by Crippen LogP contribution is 2.42. The van der Waals surface area contributed by atoms with Crippen LogP contribution in [0.15, 0.2) is 23.6 Å². The van der Waals surface area contributed by atoms with Gasteiger partial charge in [-0.3, -0.25) is 0 Å². The summed E-state index contributed by atoms with van der Waals surface area (Å²) in [6.45, 7) is 0. The summed E-state index contributed by atoms with van der Waals surface area (Å²) in [7, 11) is 0. The number of hydrazone groups is 1. The molecule has 2 aromatic rings. The van der Waals surface area contributed by atoms with E-state index in [0.717, 1.165) is 17.1 Å². The monoisotopic (exact) mass is 292 g/mol. The quantitative estimate of drug-likeness (QED) is 0.324. The summed E-state index contributed by atoms with van der Waals surface area (Å²) in [6, 6.07) is 1.12. The smallest absolute Gasteiger partial charge is 0.393 e. The number of hydrogen-bond acceptors (Lipinski definition) is 9. The first-order valence-electron chi connectivity index (χ1n) is 5.62. The molecule has 0 saturated carbocycles. The molecule has 1 aliphatic heterocycles. The first-order valence-corrected chi connectivity index (χ1v) is 5.62. The number of aromatic nitrogens is 3. The van der Waals surface area contributed by atoms with Crippen molar-refractivity contribution in [2.24, 2.45) is 5.10 Å². The van der Waals surface area contributed by atoms with Crippen LogP contribution in [0.3, 0.4) is 0 Å². The van der Waals surface area contributed by atoms with Gasteiger partial charge in [-0.25, -0.2) is 4.68 Å². The molecule has 3 rings (SSSR count). The number of phenols is 3. The summed E-state index contributed by atoms with van der Waals surface area (Å²) >= 11 is 0. The van der Waals surface area contributed by atoms with Crippen LogP contribution in [-0.2, 0) is 0 Å². The fourth-order valence-corrected chi connectivity index (χ4v) is 2.01. The lowest BCUT2D eigenvalue weighted by Gasteiger charge is -2.19. The van der Waals surface area contributed by atoms with E-state index in [-0.39, 0.29) is 11.5 Å². The van der Waals surface area contributed by atoms with E-state index in [9.17, 15) is 25.4 Å². The third-order valence-electron chi connectivity index (χ3n) is 2.98. The summed E-state index contributed by atoms with van der Waals surface area (Å²) in [5.41, 5.74) is 2.31. The number of nitrogens with zero attached hydrogens (tertiary/aromatic N) is 5. The molecule has 0 saturated heterocycles. The normalized spacial score (nSPS) is 16.8. The van der Waals surface area contributed by atoms with Gasteiger partial charge >= 0.3 is 5.84 Å². The Morgan fingerprint density at radius 3 is 2.76 bits per heavy atom. The molecule has 2 heterocycles. The highest BCUT2D eigenvalue weighted by molar-refractivity contribution is 5.85. The molecular formula is C10H8N6O5. The Balaban J connectivity index is 2.22. The van der Waals surface area contributed by atoms with Crippen LogP contribution in [0.2, 0.25) is 0 Å². The third kappa shape index (κ3) is 1.79. The van der Waals surface area contributed by atoms with E-state index in [2.05, 4.69) is 20.6 Å². The molecular weight excluding hydrogens is 284 g/mol. The lowest BCUT2D eigenvalue weighted by molar-refractivity contribution is -0.355. The van der Waals surface area contributed by atoms with Gasteiger partial charge in [-0.2, -0.15) is 10.1 Å². The number of benzene rings is 1. The SMILES string of the molecule is O=[N+]([O-])C1=NNc2ncnn2C1c1ccc(O)c(O)c1O. The van der Waals surface area contributed by atoms with Gasteiger partial charge in [-0.1, -0.05) is 0 Å². The molecule has 21 heavy (non-hydrogen) atoms. The zero-order chi connectivity index (χ0) is 15.1. The van der Waals surface area contributed by atoms with Gasteiger partial charge in [-0.15, -0.1) is 5.43 Å². The Hall–Kier alpha value is -3.37. The van der Waals surface area contributed by atoms with Crippen LogP contribution >= 0.6 is 0 Å². The fourth-order valence-electron chi connectivity index (χ4n) is 2.01. The molecule has 0 aliphatic carbocycles. The van der Waals surface area contributed by atoms with Gasteiger partial charge in [0.15, 0.2) is 17.5 Å². The average molecular weight is 292 g/mol. The Kier molecular flexibility index (Phi) is 2.61. The van der Waals surface area contributed by atoms with Crippen LogP contribution in [0.25, 0.3) is 0 Å². The van der Waals surface area contributed by atoms with Crippen LogP contribution in [0.4, 0.5) is 5.95 Å². The Morgan fingerprint density at radius 2 is 2.05 bits per heavy atom. The van der Waals surface area contributed by atoms with Crippen molar-refractivity contribution >= 4 is 11.8 Å². The summed E-state index contributed by atoms with van der Waals surface area (Å²) in [5.74, 6) is -2.44. The summed E-state index contributed by atoms with van der Waals surface area (Å²) < 4.78 is 1.14. The van der Waals surface area contributed by atoms with Crippen molar-refractivity contribution in [1.82, 2.24) is 14.8 Å². The Bertz CT molecular complexity index is 769. The first kappa shape index (κ1) is 12.7. The molecule has 1 aliphatic rings. The number of fused-ring (bicyclic) bond motifs is 1. The number of aromatic hydroxyl groups is 3. The molecule has 0 bridgehead atoms. The zero-order valence-corrected chi connectivity index (χ0v) is 10.2. The number of phenolic OH excluding ortho intramolecular Hbond substituents is 3. The average Bonchev–Trinajstić information content (AvgIpc) is 2.92. The van der Waals surface area contributed by atoms with E-state index in [1.807, 2.05) is 0 Å². The summed E-state index contributed by atoms with van der Waals surface area (Å²) in [6.07, 6.45) is 1.16. The molecule has 11 heteroatoms. The van der Waals surface area contributed by atoms with Crippen molar-refractivity contribution in [3.8, 4) is 17.2 Å². The fraction of sp³-hybridized carbons (Fsp3) is 0.100. The van der Waals surface area contributed by atoms with E-state index in [4.69, 9.17) is 0 Å². The lowest BCUT2D eigenvalue weighted by atomic mass is 10.0. The van der Waals surface area contributed by atoms with Gasteiger partial charge in [0.05, 0.1) is 5.10 Å². The topological polar surface area (TPSA) is 159 Å². The van der Waals surface area contributed by atoms with Gasteiger partial charge in [0.1, 0.15) is 6.33 Å². The maximum atomic E-state index is 11.1. The minimum Gasteiger partial charge on any atom is -0.504 e. The van der Waals surface area contributed by atoms with Gasteiger partial charge in [0.2, 0.25) is 5.75 Å². The first-order chi connectivity index (χ1) is 10.0. The number of nitro groups is 1. The van der Waals surface area contributed by atoms with Crippen LogP contribution in [0, 0.1) is 10.1 Å². The number of amidine groups is 1. The molecule has 108 valence electrons. The predicted octanol–water partition coefficient (Wildman–Crippen LogP) is -0.000000000000000333. The zero-order valence-electron chi connectivity index (χ0n) is 10.2. The van der Waals surface area contributed by atoms with Crippen molar-refractivity contribution in [3.05, 3.63) is 34.1 Å². The van der Waals surface area contributed by atoms with Crippen LogP contribution in [-0.4, -0.2) is 40.8 Å². The highest BCUT2D eigenvalue weighted by Gasteiger charge is 2.39. The maximum Gasteiger partial charge on any atom is 0.393 e. The van der Waals surface area contributed by atoms with Crippen molar-refractivity contribution in [2.75, 3.05) is 5.43 Å². The summed E-state index contributed by atoms with van der Waals surface area (Å²) in [4.78, 5) is 14.2. The lowest BCUT2D eigenvalue weighted by Crippen LogP contribution is -2.33. The molecule has 0 amide bonds. The largest absolute Gasteiger partial charge is 0.504 e. The van der Waals surface area contributed by atoms with Gasteiger partial charge in [0.25, 0.3) is 5.95 Å². The standard InChI is InChI=1S/C10H8N6O5/c17-5-2-1-4(7(18)8(5)19)6-9(16(20)21)13-14-10-11-3-12-15(6)10/h1-3,6,17-19H,(H,11,12,14). The number of anilines is 1. The Morgan fingerprint density at radius 1 is 1.29 bits per heavy atom. The molecule has 1 unspecified atom stereocenters. The minimum absolute atomic E-state index is 0.0472. The van der Waals surface area contributed by atoms with E-state index in [0.29, 0.717) is 0 Å². The second-order valence-corrected chi connectivity index (χ2v) is 4.14. The number of rotatable bonds is 1. The number of hydrogen-bond donors (Lipinski definition) is 4. The minimum atomic E-state index is -1.20. The van der Waals surface area contributed by atoms with Crippen molar-refractivity contribution in [3.63, 3.8) is 0 Å². The molecule has 0 fully saturated rings. The van der Waals surface area contributed by atoms with Crippen molar-refractivity contribution in [2.45, 2.75) is 6.04 Å². The molecule has 4 N–H and O–H groups in total. The van der Waals surface area contributed by atoms with Crippen molar-refractivity contribution in [1.29, 1.82) is 0 Å². The maximum absolute atomic E-state index is 11.1. The van der Waals surface area contributed by atoms with Gasteiger partial charge < -0.3 is 25.4 Å². The third-order valence-corrected chi connectivity index (χ3v) is 2.98. The summed E-state index contributed by atoms with van der Waals surface area (Å²) in [5, 5.41) is 47.4. The molecule has 0 spiro atoms. The Labute approximate surface area is 115 Å². The highest BCUT2D eigenvalue weighted by atomic mass is 16.6. The molecule has 0 radical (unpaired) electrons. The molecule has 11 nitrogen and oxygen atoms in total. The van der Waals surface area contributed by atoms with Gasteiger partial charge in [0, 0.05) is 5.56 Å². The molecule has 1 atom stereocenters. The van der Waals surface area contributed by atoms with Gasteiger partial charge in [-0.05, 0) is 17.1 Å². The molecule has 1 aromatic carbocycles. The van der Waals surface area contributed by atoms with Crippen LogP contribution in [0.1, 0.15) is 11.6 Å². The predicted molar refractivity (Wildman–Crippen MR) is 67.6 cm³/mol. The van der Waals surface area contributed by atoms with E-state index in [1.165, 1.54) is 6.07 Å². The second-order valence-electron chi connectivity index (χ2n) is 4.14. The van der Waals surface area contributed by atoms with E-state index >= 15 is 0 Å². The molecule has 1 aromatic heterocycles.